The average molecular weight is 285 g/mol. The van der Waals surface area contributed by atoms with Crippen LogP contribution in [0.4, 0.5) is 0 Å². The molecule has 2 atom stereocenters. The van der Waals surface area contributed by atoms with Gasteiger partial charge in [-0.2, -0.15) is 0 Å². The number of hydrogen-bond donors (Lipinski definition) is 1. The molecule has 2 aliphatic heterocycles. The van der Waals surface area contributed by atoms with Gasteiger partial charge < -0.3 is 14.6 Å². The predicted molar refractivity (Wildman–Crippen MR) is 74.6 cm³/mol. The molecule has 3 heterocycles. The molecule has 0 radical (unpaired) electrons. The third-order valence-electron chi connectivity index (χ3n) is 4.35. The van der Waals surface area contributed by atoms with Gasteiger partial charge in [-0.05, 0) is 18.2 Å². The van der Waals surface area contributed by atoms with Crippen LogP contribution in [-0.4, -0.2) is 41.3 Å². The van der Waals surface area contributed by atoms with Crippen LogP contribution in [0.25, 0.3) is 11.1 Å². The Bertz CT molecular complexity index is 752. The minimum absolute atomic E-state index is 0.0480. The zero-order valence-electron chi connectivity index (χ0n) is 11.6. The second kappa shape index (κ2) is 4.31. The van der Waals surface area contributed by atoms with Crippen molar-refractivity contribution in [1.29, 1.82) is 0 Å². The lowest BCUT2D eigenvalue weighted by atomic mass is 10.0. The number of benzene rings is 1. The van der Waals surface area contributed by atoms with Crippen molar-refractivity contribution < 1.29 is 14.0 Å². The molecule has 4 rings (SSSR count). The van der Waals surface area contributed by atoms with E-state index < -0.39 is 0 Å². The van der Waals surface area contributed by atoms with Gasteiger partial charge in [0.05, 0.1) is 5.92 Å². The van der Waals surface area contributed by atoms with Gasteiger partial charge in [0.1, 0.15) is 5.52 Å². The third-order valence-corrected chi connectivity index (χ3v) is 4.35. The number of aromatic nitrogens is 1. The molecule has 6 nitrogen and oxygen atoms in total. The Morgan fingerprint density at radius 3 is 3.10 bits per heavy atom. The van der Waals surface area contributed by atoms with Gasteiger partial charge in [-0.1, -0.05) is 0 Å². The minimum atomic E-state index is -0.0507. The van der Waals surface area contributed by atoms with E-state index in [2.05, 4.69) is 10.3 Å². The number of likely N-dealkylation sites (tertiary alicyclic amines) is 1. The number of rotatable bonds is 1. The first-order chi connectivity index (χ1) is 10.1. The third kappa shape index (κ3) is 1.90. The highest BCUT2D eigenvalue weighted by Crippen LogP contribution is 2.29. The minimum Gasteiger partial charge on any atom is -0.441 e. The normalized spacial score (nSPS) is 24.4. The topological polar surface area (TPSA) is 75.4 Å². The molecule has 0 spiro atoms. The molecule has 1 N–H and O–H groups in total. The van der Waals surface area contributed by atoms with Gasteiger partial charge in [-0.25, -0.2) is 4.98 Å². The molecule has 2 aliphatic rings. The smallest absolute Gasteiger partial charge is 0.254 e. The maximum absolute atomic E-state index is 12.6. The van der Waals surface area contributed by atoms with Crippen LogP contribution in [-0.2, 0) is 4.79 Å². The van der Waals surface area contributed by atoms with Crippen LogP contribution in [0, 0.1) is 18.8 Å². The first-order valence-corrected chi connectivity index (χ1v) is 7.06. The summed E-state index contributed by atoms with van der Waals surface area (Å²) in [5.74, 6) is 0.801. The molecule has 1 aromatic carbocycles. The number of nitrogens with zero attached hydrogens (tertiary/aromatic N) is 2. The number of hydrogen-bond acceptors (Lipinski definition) is 4. The second-order valence-electron chi connectivity index (χ2n) is 5.74. The zero-order chi connectivity index (χ0) is 14.6. The highest BCUT2D eigenvalue weighted by Gasteiger charge is 2.43. The summed E-state index contributed by atoms with van der Waals surface area (Å²) >= 11 is 0. The standard InChI is InChI=1S/C15H15N3O3/c1-8-17-12-3-2-9(4-13(12)21-8)15(20)18-6-10-5-16-14(19)11(10)7-18/h2-4,10-11H,5-7H2,1H3,(H,16,19)/t10-,11+/m0/s1. The van der Waals surface area contributed by atoms with Crippen molar-refractivity contribution in [2.75, 3.05) is 19.6 Å². The van der Waals surface area contributed by atoms with Gasteiger partial charge in [-0.3, -0.25) is 9.59 Å². The Morgan fingerprint density at radius 2 is 2.29 bits per heavy atom. The maximum Gasteiger partial charge on any atom is 0.254 e. The van der Waals surface area contributed by atoms with Crippen LogP contribution in [0.1, 0.15) is 16.2 Å². The van der Waals surface area contributed by atoms with Crippen molar-refractivity contribution in [2.45, 2.75) is 6.92 Å². The molecule has 2 aromatic rings. The Balaban J connectivity index is 1.60. The van der Waals surface area contributed by atoms with Gasteiger partial charge in [0, 0.05) is 38.0 Å². The molecule has 0 saturated carbocycles. The van der Waals surface area contributed by atoms with E-state index in [9.17, 15) is 9.59 Å². The molecule has 21 heavy (non-hydrogen) atoms. The summed E-state index contributed by atoms with van der Waals surface area (Å²) < 4.78 is 5.47. The van der Waals surface area contributed by atoms with Gasteiger partial charge >= 0.3 is 0 Å². The van der Waals surface area contributed by atoms with Crippen LogP contribution in [0.3, 0.4) is 0 Å². The molecule has 6 heteroatoms. The second-order valence-corrected chi connectivity index (χ2v) is 5.74. The summed E-state index contributed by atoms with van der Waals surface area (Å²) in [6, 6.07) is 5.29. The van der Waals surface area contributed by atoms with Crippen molar-refractivity contribution >= 4 is 22.9 Å². The lowest BCUT2D eigenvalue weighted by Crippen LogP contribution is -2.33. The number of oxazole rings is 1. The summed E-state index contributed by atoms with van der Waals surface area (Å²) in [6.07, 6.45) is 0. The number of nitrogens with one attached hydrogen (secondary N) is 1. The highest BCUT2D eigenvalue weighted by atomic mass is 16.3. The van der Waals surface area contributed by atoms with E-state index in [1.807, 2.05) is 0 Å². The predicted octanol–water partition coefficient (Wildman–Crippen LogP) is 0.954. The lowest BCUT2D eigenvalue weighted by Gasteiger charge is -2.17. The number of fused-ring (bicyclic) bond motifs is 2. The summed E-state index contributed by atoms with van der Waals surface area (Å²) in [5.41, 5.74) is 1.95. The summed E-state index contributed by atoms with van der Waals surface area (Å²) in [7, 11) is 0. The van der Waals surface area contributed by atoms with E-state index in [0.717, 1.165) is 5.52 Å². The van der Waals surface area contributed by atoms with Gasteiger partial charge in [0.2, 0.25) is 5.91 Å². The van der Waals surface area contributed by atoms with E-state index >= 15 is 0 Å². The molecule has 108 valence electrons. The van der Waals surface area contributed by atoms with E-state index in [-0.39, 0.29) is 23.7 Å². The Morgan fingerprint density at radius 1 is 1.43 bits per heavy atom. The van der Waals surface area contributed by atoms with Gasteiger partial charge in [0.15, 0.2) is 11.5 Å². The van der Waals surface area contributed by atoms with Crippen molar-refractivity contribution in [1.82, 2.24) is 15.2 Å². The average Bonchev–Trinajstić information content (AvgIpc) is 3.12. The highest BCUT2D eigenvalue weighted by molar-refractivity contribution is 5.97. The summed E-state index contributed by atoms with van der Waals surface area (Å²) in [6.45, 7) is 3.59. The molecule has 2 fully saturated rings. The van der Waals surface area contributed by atoms with Crippen molar-refractivity contribution in [2.24, 2.45) is 11.8 Å². The molecule has 0 aliphatic carbocycles. The maximum atomic E-state index is 12.6. The Hall–Kier alpha value is -2.37. The number of carbonyl (C=O) groups is 2. The first kappa shape index (κ1) is 12.4. The first-order valence-electron chi connectivity index (χ1n) is 7.06. The molecular weight excluding hydrogens is 270 g/mol. The van der Waals surface area contributed by atoms with E-state index in [1.165, 1.54) is 0 Å². The number of aryl methyl sites for hydroxylation is 1. The Kier molecular flexibility index (Phi) is 2.54. The van der Waals surface area contributed by atoms with E-state index in [4.69, 9.17) is 4.42 Å². The van der Waals surface area contributed by atoms with E-state index in [0.29, 0.717) is 36.7 Å². The van der Waals surface area contributed by atoms with Crippen molar-refractivity contribution in [3.05, 3.63) is 29.7 Å². The lowest BCUT2D eigenvalue weighted by molar-refractivity contribution is -0.122. The van der Waals surface area contributed by atoms with Crippen LogP contribution in [0.2, 0.25) is 0 Å². The fourth-order valence-corrected chi connectivity index (χ4v) is 3.26. The van der Waals surface area contributed by atoms with Crippen LogP contribution < -0.4 is 5.32 Å². The largest absolute Gasteiger partial charge is 0.441 e. The summed E-state index contributed by atoms with van der Waals surface area (Å²) in [4.78, 5) is 30.2. The Labute approximate surface area is 121 Å². The summed E-state index contributed by atoms with van der Waals surface area (Å²) in [5, 5.41) is 2.85. The van der Waals surface area contributed by atoms with Crippen LogP contribution in [0.15, 0.2) is 22.6 Å². The molecule has 0 bridgehead atoms. The SMILES string of the molecule is Cc1nc2ccc(C(=O)N3C[C@@H]4CNC(=O)[C@@H]4C3)cc2o1. The molecule has 2 amide bonds. The fraction of sp³-hybridized carbons (Fsp3) is 0.400. The van der Waals surface area contributed by atoms with Crippen molar-refractivity contribution in [3.8, 4) is 0 Å². The van der Waals surface area contributed by atoms with Gasteiger partial charge in [-0.15, -0.1) is 0 Å². The van der Waals surface area contributed by atoms with Crippen LogP contribution >= 0.6 is 0 Å². The molecule has 2 saturated heterocycles. The quantitative estimate of drug-likeness (QED) is 0.846. The monoisotopic (exact) mass is 285 g/mol. The van der Waals surface area contributed by atoms with Crippen molar-refractivity contribution in [3.63, 3.8) is 0 Å². The number of amides is 2. The zero-order valence-corrected chi connectivity index (χ0v) is 11.6. The fourth-order valence-electron chi connectivity index (χ4n) is 3.26. The molecule has 0 unspecified atom stereocenters. The van der Waals surface area contributed by atoms with Gasteiger partial charge in [0.25, 0.3) is 5.91 Å². The van der Waals surface area contributed by atoms with Crippen LogP contribution in [0.5, 0.6) is 0 Å². The van der Waals surface area contributed by atoms with E-state index in [1.54, 1.807) is 30.0 Å². The molecular formula is C15H15N3O3. The molecule has 1 aromatic heterocycles. The number of carbonyl (C=O) groups excluding carboxylic acids is 2.